The van der Waals surface area contributed by atoms with Crippen molar-refractivity contribution in [2.45, 2.75) is 12.1 Å². The molecule has 0 spiro atoms. The molecular formula is C18H21N5O4S. The van der Waals surface area contributed by atoms with Gasteiger partial charge in [-0.3, -0.25) is 18.7 Å². The molecule has 9 nitrogen and oxygen atoms in total. The fourth-order valence-corrected chi connectivity index (χ4v) is 3.52. The molecule has 0 fully saturated rings. The predicted molar refractivity (Wildman–Crippen MR) is 108 cm³/mol. The molecule has 10 heteroatoms. The van der Waals surface area contributed by atoms with Gasteiger partial charge in [0.2, 0.25) is 5.91 Å². The summed E-state index contributed by atoms with van der Waals surface area (Å²) in [6.45, 7) is 2.48. The molecule has 2 aromatic heterocycles. The quantitative estimate of drug-likeness (QED) is 0.619. The highest BCUT2D eigenvalue weighted by Gasteiger charge is 2.18. The minimum atomic E-state index is -0.444. The lowest BCUT2D eigenvalue weighted by molar-refractivity contribution is -0.113. The van der Waals surface area contributed by atoms with Crippen molar-refractivity contribution < 1.29 is 9.53 Å². The highest BCUT2D eigenvalue weighted by atomic mass is 32.2. The number of aromatic nitrogens is 4. The summed E-state index contributed by atoms with van der Waals surface area (Å²) in [7, 11) is 4.67. The zero-order valence-electron chi connectivity index (χ0n) is 16.1. The average Bonchev–Trinajstić information content (AvgIpc) is 3.01. The van der Waals surface area contributed by atoms with Crippen LogP contribution in [0.5, 0.6) is 5.75 Å². The molecule has 0 aliphatic heterocycles. The molecule has 1 aromatic carbocycles. The molecule has 2 heterocycles. The van der Waals surface area contributed by atoms with E-state index in [1.807, 2.05) is 6.92 Å². The van der Waals surface area contributed by atoms with Crippen LogP contribution < -0.4 is 21.3 Å². The molecule has 0 saturated carbocycles. The standard InChI is InChI=1S/C18H21N5O4S/c1-5-27-12-8-6-11(7-9-12)19-13(24)10-28-17-20-15-14(21(17)2)16(25)23(4)18(26)22(15)3/h6-9H,5,10H2,1-4H3,(H,19,24). The van der Waals surface area contributed by atoms with Gasteiger partial charge in [-0.15, -0.1) is 0 Å². The molecule has 0 saturated heterocycles. The number of aryl methyl sites for hydroxylation is 2. The van der Waals surface area contributed by atoms with E-state index in [-0.39, 0.29) is 11.7 Å². The van der Waals surface area contributed by atoms with Crippen molar-refractivity contribution in [3.05, 3.63) is 45.1 Å². The van der Waals surface area contributed by atoms with E-state index < -0.39 is 11.2 Å². The number of carbonyl (C=O) groups is 1. The number of nitrogens with zero attached hydrogens (tertiary/aromatic N) is 4. The monoisotopic (exact) mass is 403 g/mol. The first kappa shape index (κ1) is 19.7. The Hall–Kier alpha value is -3.01. The van der Waals surface area contributed by atoms with Crippen LogP contribution in [0.2, 0.25) is 0 Å². The van der Waals surface area contributed by atoms with Crippen LogP contribution in [0.3, 0.4) is 0 Å². The summed E-state index contributed by atoms with van der Waals surface area (Å²) in [6.07, 6.45) is 0. The number of fused-ring (bicyclic) bond motifs is 1. The van der Waals surface area contributed by atoms with Crippen LogP contribution in [-0.4, -0.2) is 37.0 Å². The second kappa shape index (κ2) is 7.93. The zero-order valence-corrected chi connectivity index (χ0v) is 16.9. The first-order chi connectivity index (χ1) is 13.3. The number of anilines is 1. The van der Waals surface area contributed by atoms with Crippen LogP contribution >= 0.6 is 11.8 Å². The van der Waals surface area contributed by atoms with Gasteiger partial charge in [-0.25, -0.2) is 9.78 Å². The highest BCUT2D eigenvalue weighted by molar-refractivity contribution is 7.99. The molecule has 1 N–H and O–H groups in total. The summed E-state index contributed by atoms with van der Waals surface area (Å²) in [5.74, 6) is 0.642. The van der Waals surface area contributed by atoms with Crippen LogP contribution in [0.4, 0.5) is 5.69 Å². The van der Waals surface area contributed by atoms with Gasteiger partial charge in [0.05, 0.1) is 12.4 Å². The second-order valence-corrected chi connectivity index (χ2v) is 7.07. The Kier molecular flexibility index (Phi) is 5.59. The smallest absolute Gasteiger partial charge is 0.332 e. The fourth-order valence-electron chi connectivity index (χ4n) is 2.76. The van der Waals surface area contributed by atoms with E-state index in [1.54, 1.807) is 42.9 Å². The number of benzene rings is 1. The molecule has 0 bridgehead atoms. The Balaban J connectivity index is 1.75. The van der Waals surface area contributed by atoms with E-state index in [4.69, 9.17) is 4.74 Å². The van der Waals surface area contributed by atoms with Gasteiger partial charge >= 0.3 is 5.69 Å². The first-order valence-corrected chi connectivity index (χ1v) is 9.60. The third-order valence-electron chi connectivity index (χ3n) is 4.22. The number of amides is 1. The summed E-state index contributed by atoms with van der Waals surface area (Å²) >= 11 is 1.19. The Bertz CT molecular complexity index is 1140. The molecule has 0 aliphatic rings. The van der Waals surface area contributed by atoms with Crippen LogP contribution in [0.15, 0.2) is 39.0 Å². The van der Waals surface area contributed by atoms with Gasteiger partial charge in [-0.05, 0) is 31.2 Å². The van der Waals surface area contributed by atoms with Crippen molar-refractivity contribution in [1.82, 2.24) is 18.7 Å². The minimum absolute atomic E-state index is 0.110. The predicted octanol–water partition coefficient (Wildman–Crippen LogP) is 1.10. The Morgan fingerprint density at radius 3 is 2.43 bits per heavy atom. The SMILES string of the molecule is CCOc1ccc(NC(=O)CSc2nc3c(c(=O)n(C)c(=O)n3C)n2C)cc1. The second-order valence-electron chi connectivity index (χ2n) is 6.13. The number of hydrogen-bond acceptors (Lipinski definition) is 6. The number of imidazole rings is 1. The largest absolute Gasteiger partial charge is 0.494 e. The molecule has 28 heavy (non-hydrogen) atoms. The molecular weight excluding hydrogens is 382 g/mol. The average molecular weight is 403 g/mol. The van der Waals surface area contributed by atoms with Crippen molar-refractivity contribution in [1.29, 1.82) is 0 Å². The van der Waals surface area contributed by atoms with Crippen molar-refractivity contribution in [3.8, 4) is 5.75 Å². The van der Waals surface area contributed by atoms with E-state index in [1.165, 1.54) is 23.4 Å². The number of rotatable bonds is 6. The van der Waals surface area contributed by atoms with E-state index >= 15 is 0 Å². The molecule has 0 radical (unpaired) electrons. The summed E-state index contributed by atoms with van der Waals surface area (Å²) in [5.41, 5.74) is 0.415. The van der Waals surface area contributed by atoms with E-state index in [0.29, 0.717) is 28.6 Å². The molecule has 1 amide bonds. The van der Waals surface area contributed by atoms with Gasteiger partial charge < -0.3 is 14.6 Å². The third-order valence-corrected chi connectivity index (χ3v) is 5.25. The number of nitrogens with one attached hydrogen (secondary N) is 1. The molecule has 3 rings (SSSR count). The van der Waals surface area contributed by atoms with Gasteiger partial charge in [0, 0.05) is 26.8 Å². The van der Waals surface area contributed by atoms with Crippen molar-refractivity contribution >= 4 is 34.5 Å². The summed E-state index contributed by atoms with van der Waals surface area (Å²) in [5, 5.41) is 3.28. The lowest BCUT2D eigenvalue weighted by atomic mass is 10.3. The minimum Gasteiger partial charge on any atom is -0.494 e. The molecule has 148 valence electrons. The molecule has 0 atom stereocenters. The van der Waals surface area contributed by atoms with Crippen molar-refractivity contribution in [2.75, 3.05) is 17.7 Å². The third kappa shape index (κ3) is 3.68. The first-order valence-electron chi connectivity index (χ1n) is 8.61. The van der Waals surface area contributed by atoms with Crippen LogP contribution in [0, 0.1) is 0 Å². The number of hydrogen-bond donors (Lipinski definition) is 1. The summed E-state index contributed by atoms with van der Waals surface area (Å²) in [6, 6.07) is 7.10. The normalized spacial score (nSPS) is 11.0. The van der Waals surface area contributed by atoms with Crippen LogP contribution in [0.1, 0.15) is 6.92 Å². The van der Waals surface area contributed by atoms with Gasteiger partial charge in [0.15, 0.2) is 16.3 Å². The maximum atomic E-state index is 12.4. The van der Waals surface area contributed by atoms with E-state index in [0.717, 1.165) is 10.3 Å². The Morgan fingerprint density at radius 2 is 1.79 bits per heavy atom. The molecule has 0 aliphatic carbocycles. The van der Waals surface area contributed by atoms with Gasteiger partial charge in [0.1, 0.15) is 5.75 Å². The van der Waals surface area contributed by atoms with Gasteiger partial charge in [-0.1, -0.05) is 11.8 Å². The molecule has 0 unspecified atom stereocenters. The van der Waals surface area contributed by atoms with Crippen molar-refractivity contribution in [2.24, 2.45) is 21.1 Å². The number of thioether (sulfide) groups is 1. The van der Waals surface area contributed by atoms with Crippen molar-refractivity contribution in [3.63, 3.8) is 0 Å². The Labute approximate surface area is 164 Å². The lowest BCUT2D eigenvalue weighted by Crippen LogP contribution is -2.37. The van der Waals surface area contributed by atoms with E-state index in [9.17, 15) is 14.4 Å². The van der Waals surface area contributed by atoms with Crippen LogP contribution in [0.25, 0.3) is 11.2 Å². The summed E-state index contributed by atoms with van der Waals surface area (Å²) < 4.78 is 9.33. The van der Waals surface area contributed by atoms with E-state index in [2.05, 4.69) is 10.3 Å². The zero-order chi connectivity index (χ0) is 20.4. The van der Waals surface area contributed by atoms with Gasteiger partial charge in [0.25, 0.3) is 5.56 Å². The molecule has 3 aromatic rings. The summed E-state index contributed by atoms with van der Waals surface area (Å²) in [4.78, 5) is 41.0. The fraction of sp³-hybridized carbons (Fsp3) is 0.333. The topological polar surface area (TPSA) is 100 Å². The lowest BCUT2D eigenvalue weighted by Gasteiger charge is -2.07. The number of carbonyl (C=O) groups excluding carboxylic acids is 1. The van der Waals surface area contributed by atoms with Gasteiger partial charge in [-0.2, -0.15) is 0 Å². The maximum absolute atomic E-state index is 12.4. The number of ether oxygens (including phenoxy) is 1. The maximum Gasteiger partial charge on any atom is 0.332 e. The Morgan fingerprint density at radius 1 is 1.11 bits per heavy atom. The van der Waals surface area contributed by atoms with Crippen LogP contribution in [-0.2, 0) is 25.9 Å². The highest BCUT2D eigenvalue weighted by Crippen LogP contribution is 2.21.